The first-order chi connectivity index (χ1) is 6.77. The average molecular weight is 206 g/mol. The molecule has 0 spiro atoms. The van der Waals surface area contributed by atoms with Crippen molar-refractivity contribution >= 4 is 21.4 Å². The van der Waals surface area contributed by atoms with Gasteiger partial charge in [-0.15, -0.1) is 11.3 Å². The minimum Gasteiger partial charge on any atom is -0.496 e. The van der Waals surface area contributed by atoms with Crippen LogP contribution in [0.4, 0.5) is 0 Å². The fourth-order valence-electron chi connectivity index (χ4n) is 1.88. The molecule has 2 rings (SSSR count). The van der Waals surface area contributed by atoms with Gasteiger partial charge in [0, 0.05) is 4.70 Å². The lowest BCUT2D eigenvalue weighted by Crippen LogP contribution is -1.92. The molecule has 0 saturated heterocycles. The molecule has 14 heavy (non-hydrogen) atoms. The van der Waals surface area contributed by atoms with Crippen molar-refractivity contribution in [2.75, 3.05) is 7.11 Å². The Labute approximate surface area is 88.3 Å². The fourth-order valence-corrected chi connectivity index (χ4v) is 2.94. The molecule has 1 nitrogen and oxygen atoms in total. The summed E-state index contributed by atoms with van der Waals surface area (Å²) in [4.78, 5) is 0. The lowest BCUT2D eigenvalue weighted by Gasteiger charge is -2.10. The maximum atomic E-state index is 5.37. The summed E-state index contributed by atoms with van der Waals surface area (Å²) >= 11 is 1.82. The Kier molecular flexibility index (Phi) is 2.46. The van der Waals surface area contributed by atoms with Crippen LogP contribution < -0.4 is 4.74 Å². The van der Waals surface area contributed by atoms with Crippen molar-refractivity contribution in [3.63, 3.8) is 0 Å². The van der Waals surface area contributed by atoms with E-state index in [1.807, 2.05) is 11.3 Å². The van der Waals surface area contributed by atoms with Gasteiger partial charge >= 0.3 is 0 Å². The second-order valence-electron chi connectivity index (χ2n) is 3.37. The number of thiophene rings is 1. The summed E-state index contributed by atoms with van der Waals surface area (Å²) in [6.07, 6.45) is 1.07. The Balaban J connectivity index is 2.80. The van der Waals surface area contributed by atoms with Gasteiger partial charge in [-0.3, -0.25) is 0 Å². The maximum Gasteiger partial charge on any atom is 0.122 e. The zero-order chi connectivity index (χ0) is 10.1. The summed E-state index contributed by atoms with van der Waals surface area (Å²) < 4.78 is 6.78. The van der Waals surface area contributed by atoms with Gasteiger partial charge in [-0.05, 0) is 47.4 Å². The quantitative estimate of drug-likeness (QED) is 0.726. The fraction of sp³-hybridized carbons (Fsp3) is 0.333. The number of methoxy groups -OCH3 is 1. The van der Waals surface area contributed by atoms with Crippen LogP contribution in [0.1, 0.15) is 18.1 Å². The Bertz CT molecular complexity index is 457. The van der Waals surface area contributed by atoms with Gasteiger partial charge in [0.25, 0.3) is 0 Å². The molecule has 0 aliphatic heterocycles. The third-order valence-electron chi connectivity index (χ3n) is 2.65. The Hall–Kier alpha value is -1.02. The average Bonchev–Trinajstić information content (AvgIpc) is 2.64. The molecule has 0 amide bonds. The highest BCUT2D eigenvalue weighted by molar-refractivity contribution is 7.17. The van der Waals surface area contributed by atoms with E-state index < -0.39 is 0 Å². The molecule has 1 heterocycles. The van der Waals surface area contributed by atoms with Crippen molar-refractivity contribution in [3.05, 3.63) is 28.6 Å². The number of fused-ring (bicyclic) bond motifs is 1. The van der Waals surface area contributed by atoms with E-state index in [2.05, 4.69) is 31.4 Å². The minimum atomic E-state index is 1.01. The van der Waals surface area contributed by atoms with Crippen molar-refractivity contribution in [1.82, 2.24) is 0 Å². The number of rotatable bonds is 2. The molecule has 2 aromatic rings. The van der Waals surface area contributed by atoms with Crippen molar-refractivity contribution in [1.29, 1.82) is 0 Å². The molecule has 0 saturated carbocycles. The molecule has 0 N–H and O–H groups in total. The van der Waals surface area contributed by atoms with Gasteiger partial charge in [0.1, 0.15) is 5.75 Å². The predicted molar refractivity (Wildman–Crippen MR) is 62.5 cm³/mol. The van der Waals surface area contributed by atoms with E-state index in [1.54, 1.807) is 7.11 Å². The number of aryl methyl sites for hydroxylation is 1. The van der Waals surface area contributed by atoms with Gasteiger partial charge in [0.05, 0.1) is 7.11 Å². The lowest BCUT2D eigenvalue weighted by atomic mass is 10.0. The first-order valence-electron chi connectivity index (χ1n) is 4.81. The first kappa shape index (κ1) is 9.53. The van der Waals surface area contributed by atoms with E-state index in [4.69, 9.17) is 4.74 Å². The van der Waals surface area contributed by atoms with Gasteiger partial charge in [0.2, 0.25) is 0 Å². The molecule has 0 bridgehead atoms. The van der Waals surface area contributed by atoms with E-state index in [9.17, 15) is 0 Å². The number of hydrogen-bond donors (Lipinski definition) is 0. The van der Waals surface area contributed by atoms with E-state index in [1.165, 1.54) is 21.2 Å². The number of benzene rings is 1. The Morgan fingerprint density at radius 3 is 2.86 bits per heavy atom. The third kappa shape index (κ3) is 1.30. The van der Waals surface area contributed by atoms with E-state index in [0.29, 0.717) is 0 Å². The number of ether oxygens (including phenoxy) is 1. The molecular weight excluding hydrogens is 192 g/mol. The molecule has 0 radical (unpaired) electrons. The summed E-state index contributed by atoms with van der Waals surface area (Å²) in [7, 11) is 1.74. The molecule has 74 valence electrons. The summed E-state index contributed by atoms with van der Waals surface area (Å²) in [6.45, 7) is 4.33. The summed E-state index contributed by atoms with van der Waals surface area (Å²) in [5.41, 5.74) is 2.71. The molecule has 1 aromatic carbocycles. The molecule has 0 aliphatic rings. The second-order valence-corrected chi connectivity index (χ2v) is 4.29. The highest BCUT2D eigenvalue weighted by Gasteiger charge is 2.09. The van der Waals surface area contributed by atoms with Crippen LogP contribution in [0.5, 0.6) is 5.75 Å². The second kappa shape index (κ2) is 3.62. The van der Waals surface area contributed by atoms with Crippen LogP contribution in [0.3, 0.4) is 0 Å². The summed E-state index contributed by atoms with van der Waals surface area (Å²) in [5.74, 6) is 1.01. The molecule has 0 fully saturated rings. The van der Waals surface area contributed by atoms with Gasteiger partial charge in [-0.1, -0.05) is 6.92 Å². The molecule has 1 aromatic heterocycles. The highest BCUT2D eigenvalue weighted by atomic mass is 32.1. The molecule has 0 atom stereocenters. The van der Waals surface area contributed by atoms with Gasteiger partial charge in [-0.25, -0.2) is 0 Å². The minimum absolute atomic E-state index is 1.01. The van der Waals surface area contributed by atoms with Gasteiger partial charge in [-0.2, -0.15) is 0 Å². The lowest BCUT2D eigenvalue weighted by molar-refractivity contribution is 0.412. The maximum absolute atomic E-state index is 5.37. The zero-order valence-corrected chi connectivity index (χ0v) is 9.57. The Morgan fingerprint density at radius 1 is 1.43 bits per heavy atom. The van der Waals surface area contributed by atoms with E-state index in [-0.39, 0.29) is 0 Å². The monoisotopic (exact) mass is 206 g/mol. The zero-order valence-electron chi connectivity index (χ0n) is 8.76. The van der Waals surface area contributed by atoms with E-state index >= 15 is 0 Å². The van der Waals surface area contributed by atoms with Crippen LogP contribution in [-0.4, -0.2) is 7.11 Å². The smallest absolute Gasteiger partial charge is 0.122 e. The van der Waals surface area contributed by atoms with E-state index in [0.717, 1.165) is 12.2 Å². The van der Waals surface area contributed by atoms with Crippen molar-refractivity contribution in [3.8, 4) is 5.75 Å². The van der Waals surface area contributed by atoms with Crippen LogP contribution >= 0.6 is 11.3 Å². The van der Waals surface area contributed by atoms with Crippen LogP contribution in [-0.2, 0) is 6.42 Å². The molecule has 2 heteroatoms. The molecular formula is C12H14OS. The standard InChI is InChI=1S/C12H14OS/c1-4-10-8(2)11(13-3)7-9-5-6-14-12(9)10/h5-7H,4H2,1-3H3. The third-order valence-corrected chi connectivity index (χ3v) is 3.64. The van der Waals surface area contributed by atoms with Crippen LogP contribution in [0.15, 0.2) is 17.5 Å². The van der Waals surface area contributed by atoms with Crippen molar-refractivity contribution in [2.45, 2.75) is 20.3 Å². The van der Waals surface area contributed by atoms with Crippen molar-refractivity contribution < 1.29 is 4.74 Å². The van der Waals surface area contributed by atoms with Gasteiger partial charge < -0.3 is 4.74 Å². The number of hydrogen-bond acceptors (Lipinski definition) is 2. The normalized spacial score (nSPS) is 10.8. The SMILES string of the molecule is CCc1c(C)c(OC)cc2ccsc12. The highest BCUT2D eigenvalue weighted by Crippen LogP contribution is 2.33. The van der Waals surface area contributed by atoms with Crippen molar-refractivity contribution in [2.24, 2.45) is 0 Å². The predicted octanol–water partition coefficient (Wildman–Crippen LogP) is 3.78. The van der Waals surface area contributed by atoms with Crippen LogP contribution in [0, 0.1) is 6.92 Å². The Morgan fingerprint density at radius 2 is 2.21 bits per heavy atom. The van der Waals surface area contributed by atoms with Gasteiger partial charge in [0.15, 0.2) is 0 Å². The summed E-state index contributed by atoms with van der Waals surface area (Å²) in [6, 6.07) is 4.28. The first-order valence-corrected chi connectivity index (χ1v) is 5.69. The van der Waals surface area contributed by atoms with Crippen LogP contribution in [0.2, 0.25) is 0 Å². The topological polar surface area (TPSA) is 9.23 Å². The molecule has 0 unspecified atom stereocenters. The van der Waals surface area contributed by atoms with Crippen LogP contribution in [0.25, 0.3) is 10.1 Å². The summed E-state index contributed by atoms with van der Waals surface area (Å²) in [5, 5.41) is 3.44. The largest absolute Gasteiger partial charge is 0.496 e. The molecule has 0 aliphatic carbocycles.